The van der Waals surface area contributed by atoms with Crippen LogP contribution in [0.25, 0.3) is 0 Å². The van der Waals surface area contributed by atoms with Gasteiger partial charge < -0.3 is 5.11 Å². The molecule has 19 heavy (non-hydrogen) atoms. The lowest BCUT2D eigenvalue weighted by atomic mass is 9.86. The summed E-state index contributed by atoms with van der Waals surface area (Å²) in [6.07, 6.45) is 3.84. The van der Waals surface area contributed by atoms with Crippen LogP contribution in [0.5, 0.6) is 0 Å². The minimum atomic E-state index is -0.336. The van der Waals surface area contributed by atoms with Crippen LogP contribution in [0.2, 0.25) is 5.02 Å². The predicted octanol–water partition coefficient (Wildman–Crippen LogP) is 3.51. The van der Waals surface area contributed by atoms with Crippen molar-refractivity contribution in [3.05, 3.63) is 34.9 Å². The van der Waals surface area contributed by atoms with E-state index in [4.69, 9.17) is 11.6 Å². The first kappa shape index (κ1) is 14.8. The minimum absolute atomic E-state index is 0.115. The Morgan fingerprint density at radius 2 is 1.84 bits per heavy atom. The third-order valence-corrected chi connectivity index (χ3v) is 4.86. The molecule has 3 heteroatoms. The molecule has 1 aliphatic heterocycles. The third-order valence-electron chi connectivity index (χ3n) is 4.60. The van der Waals surface area contributed by atoms with Gasteiger partial charge >= 0.3 is 0 Å². The summed E-state index contributed by atoms with van der Waals surface area (Å²) in [5, 5.41) is 11.4. The lowest BCUT2D eigenvalue weighted by molar-refractivity contribution is -0.0117. The van der Waals surface area contributed by atoms with E-state index in [0.29, 0.717) is 6.42 Å². The van der Waals surface area contributed by atoms with E-state index in [2.05, 4.69) is 18.7 Å². The van der Waals surface area contributed by atoms with E-state index in [-0.39, 0.29) is 11.6 Å². The zero-order valence-electron chi connectivity index (χ0n) is 11.9. The number of aliphatic hydroxyl groups is 1. The molecule has 1 N–H and O–H groups in total. The fraction of sp³-hybridized carbons (Fsp3) is 0.625. The molecule has 1 saturated heterocycles. The van der Waals surface area contributed by atoms with Gasteiger partial charge in [0.05, 0.1) is 6.10 Å². The molecular weight excluding hydrogens is 258 g/mol. The summed E-state index contributed by atoms with van der Waals surface area (Å²) in [5.41, 5.74) is 1.03. The van der Waals surface area contributed by atoms with E-state index in [1.807, 2.05) is 24.3 Å². The molecule has 106 valence electrons. The molecule has 1 heterocycles. The van der Waals surface area contributed by atoms with Gasteiger partial charge in [-0.1, -0.05) is 30.7 Å². The van der Waals surface area contributed by atoms with Crippen LogP contribution in [-0.2, 0) is 6.42 Å². The Kier molecular flexibility index (Phi) is 4.88. The molecule has 0 amide bonds. The Bertz CT molecular complexity index is 400. The van der Waals surface area contributed by atoms with E-state index in [1.54, 1.807) is 0 Å². The van der Waals surface area contributed by atoms with Gasteiger partial charge in [-0.3, -0.25) is 4.90 Å². The molecule has 1 fully saturated rings. The van der Waals surface area contributed by atoms with Crippen molar-refractivity contribution in [2.75, 3.05) is 13.1 Å². The second-order valence-corrected chi connectivity index (χ2v) is 6.19. The Hall–Kier alpha value is -0.570. The second kappa shape index (κ2) is 6.25. The smallest absolute Gasteiger partial charge is 0.0761 e. The summed E-state index contributed by atoms with van der Waals surface area (Å²) in [4.78, 5) is 2.45. The van der Waals surface area contributed by atoms with Crippen LogP contribution in [0.3, 0.4) is 0 Å². The standard InChI is InChI=1S/C16H24ClNO/c1-3-16(2,18-10-4-5-11-18)15(19)12-13-6-8-14(17)9-7-13/h6-9,15,19H,3-5,10-12H2,1-2H3. The Morgan fingerprint density at radius 1 is 1.26 bits per heavy atom. The molecule has 2 rings (SSSR count). The van der Waals surface area contributed by atoms with Crippen molar-refractivity contribution in [1.29, 1.82) is 0 Å². The predicted molar refractivity (Wildman–Crippen MR) is 80.7 cm³/mol. The molecular formula is C16H24ClNO. The molecule has 1 aromatic carbocycles. The molecule has 0 spiro atoms. The molecule has 0 saturated carbocycles. The van der Waals surface area contributed by atoms with Gasteiger partial charge in [0.2, 0.25) is 0 Å². The molecule has 2 unspecified atom stereocenters. The van der Waals surface area contributed by atoms with Crippen LogP contribution in [0.4, 0.5) is 0 Å². The normalized spacial score (nSPS) is 21.3. The first-order valence-corrected chi connectivity index (χ1v) is 7.61. The maximum Gasteiger partial charge on any atom is 0.0761 e. The highest BCUT2D eigenvalue weighted by Crippen LogP contribution is 2.29. The van der Waals surface area contributed by atoms with Crippen LogP contribution in [0, 0.1) is 0 Å². The highest BCUT2D eigenvalue weighted by atomic mass is 35.5. The first-order valence-electron chi connectivity index (χ1n) is 7.24. The fourth-order valence-corrected chi connectivity index (χ4v) is 3.09. The lowest BCUT2D eigenvalue weighted by Crippen LogP contribution is -2.53. The molecule has 2 nitrogen and oxygen atoms in total. The summed E-state index contributed by atoms with van der Waals surface area (Å²) in [5.74, 6) is 0. The summed E-state index contributed by atoms with van der Waals surface area (Å²) in [7, 11) is 0. The number of nitrogens with zero attached hydrogens (tertiary/aromatic N) is 1. The van der Waals surface area contributed by atoms with Crippen LogP contribution in [0.1, 0.15) is 38.7 Å². The van der Waals surface area contributed by atoms with Gasteiger partial charge in [-0.15, -0.1) is 0 Å². The Labute approximate surface area is 121 Å². The molecule has 2 atom stereocenters. The number of benzene rings is 1. The number of likely N-dealkylation sites (tertiary alicyclic amines) is 1. The van der Waals surface area contributed by atoms with E-state index >= 15 is 0 Å². The van der Waals surface area contributed by atoms with E-state index < -0.39 is 0 Å². The molecule has 0 aliphatic carbocycles. The summed E-state index contributed by atoms with van der Waals surface area (Å²) in [6.45, 7) is 6.59. The van der Waals surface area contributed by atoms with E-state index in [0.717, 1.165) is 30.1 Å². The molecule has 0 bridgehead atoms. The van der Waals surface area contributed by atoms with Crippen molar-refractivity contribution in [2.45, 2.75) is 51.2 Å². The molecule has 0 aromatic heterocycles. The number of halogens is 1. The van der Waals surface area contributed by atoms with Crippen molar-refractivity contribution in [3.8, 4) is 0 Å². The highest BCUT2D eigenvalue weighted by Gasteiger charge is 2.38. The quantitative estimate of drug-likeness (QED) is 0.893. The first-order chi connectivity index (χ1) is 9.06. The monoisotopic (exact) mass is 281 g/mol. The third kappa shape index (κ3) is 3.31. The van der Waals surface area contributed by atoms with Gasteiger partial charge in [-0.05, 0) is 57.0 Å². The number of hydrogen-bond donors (Lipinski definition) is 1. The summed E-state index contributed by atoms with van der Waals surface area (Å²) in [6, 6.07) is 7.79. The van der Waals surface area contributed by atoms with Crippen LogP contribution < -0.4 is 0 Å². The number of rotatable bonds is 5. The molecule has 1 aliphatic rings. The van der Waals surface area contributed by atoms with Gasteiger partial charge in [0.1, 0.15) is 0 Å². The fourth-order valence-electron chi connectivity index (χ4n) is 2.96. The maximum atomic E-state index is 10.7. The Balaban J connectivity index is 2.07. The van der Waals surface area contributed by atoms with E-state index in [1.165, 1.54) is 12.8 Å². The van der Waals surface area contributed by atoms with Gasteiger partial charge in [-0.2, -0.15) is 0 Å². The summed E-state index contributed by atoms with van der Waals surface area (Å²) < 4.78 is 0. The van der Waals surface area contributed by atoms with Crippen molar-refractivity contribution < 1.29 is 5.11 Å². The topological polar surface area (TPSA) is 23.5 Å². The van der Waals surface area contributed by atoms with Gasteiger partial charge in [0.15, 0.2) is 0 Å². The van der Waals surface area contributed by atoms with Gasteiger partial charge in [0.25, 0.3) is 0 Å². The zero-order chi connectivity index (χ0) is 13.9. The lowest BCUT2D eigenvalue weighted by Gasteiger charge is -2.42. The second-order valence-electron chi connectivity index (χ2n) is 5.75. The SMILES string of the molecule is CCC(C)(C(O)Cc1ccc(Cl)cc1)N1CCCC1. The van der Waals surface area contributed by atoms with Gasteiger partial charge in [-0.25, -0.2) is 0 Å². The summed E-state index contributed by atoms with van der Waals surface area (Å²) >= 11 is 5.90. The average molecular weight is 282 g/mol. The van der Waals surface area contributed by atoms with Crippen molar-refractivity contribution >= 4 is 11.6 Å². The number of aliphatic hydroxyl groups excluding tert-OH is 1. The van der Waals surface area contributed by atoms with Crippen molar-refractivity contribution in [2.24, 2.45) is 0 Å². The molecule has 1 aromatic rings. The van der Waals surface area contributed by atoms with Crippen molar-refractivity contribution in [1.82, 2.24) is 4.90 Å². The maximum absolute atomic E-state index is 10.7. The van der Waals surface area contributed by atoms with E-state index in [9.17, 15) is 5.11 Å². The van der Waals surface area contributed by atoms with Crippen LogP contribution in [0.15, 0.2) is 24.3 Å². The average Bonchev–Trinajstić information content (AvgIpc) is 2.95. The zero-order valence-corrected chi connectivity index (χ0v) is 12.7. The highest BCUT2D eigenvalue weighted by molar-refractivity contribution is 6.30. The van der Waals surface area contributed by atoms with Gasteiger partial charge in [0, 0.05) is 17.0 Å². The Morgan fingerprint density at radius 3 is 2.37 bits per heavy atom. The van der Waals surface area contributed by atoms with Crippen molar-refractivity contribution in [3.63, 3.8) is 0 Å². The number of hydrogen-bond acceptors (Lipinski definition) is 2. The molecule has 0 radical (unpaired) electrons. The minimum Gasteiger partial charge on any atom is -0.391 e. The van der Waals surface area contributed by atoms with Crippen LogP contribution >= 0.6 is 11.6 Å². The van der Waals surface area contributed by atoms with Crippen LogP contribution in [-0.4, -0.2) is 34.7 Å². The largest absolute Gasteiger partial charge is 0.391 e.